The van der Waals surface area contributed by atoms with E-state index in [0.29, 0.717) is 0 Å². The van der Waals surface area contributed by atoms with Crippen LogP contribution in [-0.4, -0.2) is 22.0 Å². The Hall–Kier alpha value is -2.07. The molecule has 19 heavy (non-hydrogen) atoms. The lowest BCUT2D eigenvalue weighted by atomic mass is 10.1. The van der Waals surface area contributed by atoms with Gasteiger partial charge in [-0.05, 0) is 27.0 Å². The molecule has 2 heterocycles. The molecule has 0 atom stereocenters. The molecule has 0 unspecified atom stereocenters. The number of hydrogen-bond acceptors (Lipinski definition) is 2. The highest BCUT2D eigenvalue weighted by molar-refractivity contribution is 5.97. The zero-order valence-electron chi connectivity index (χ0n) is 11.5. The molecule has 0 saturated carbocycles. The molecule has 0 fully saturated rings. The number of H-pyrrole nitrogens is 2. The molecule has 98 valence electrons. The van der Waals surface area contributed by atoms with Gasteiger partial charge in [0.1, 0.15) is 5.82 Å². The Morgan fingerprint density at radius 2 is 1.95 bits per heavy atom. The molecular weight excluding hydrogens is 236 g/mol. The molecule has 3 aromatic rings. The highest BCUT2D eigenvalue weighted by Gasteiger charge is 2.16. The molecule has 0 radical (unpaired) electrons. The van der Waals surface area contributed by atoms with Gasteiger partial charge in [0.2, 0.25) is 0 Å². The maximum atomic E-state index is 4.67. The molecule has 0 aliphatic carbocycles. The van der Waals surface area contributed by atoms with E-state index in [9.17, 15) is 0 Å². The Bertz CT molecular complexity index is 721. The van der Waals surface area contributed by atoms with E-state index < -0.39 is 0 Å². The van der Waals surface area contributed by atoms with Crippen LogP contribution >= 0.6 is 0 Å². The van der Waals surface area contributed by atoms with Gasteiger partial charge in [-0.25, -0.2) is 4.98 Å². The number of hydrogen-bond donors (Lipinski definition) is 3. The first kappa shape index (κ1) is 12.0. The molecule has 0 spiro atoms. The Labute approximate surface area is 112 Å². The van der Waals surface area contributed by atoms with Crippen molar-refractivity contribution in [2.75, 3.05) is 7.05 Å². The summed E-state index contributed by atoms with van der Waals surface area (Å²) in [6.45, 7) is 4.88. The summed E-state index contributed by atoms with van der Waals surface area (Å²) in [6.07, 6.45) is 0. The SMILES string of the molecule is CNCc1[nH]c(C)nc1-c1c(C)[nH]c2ccccc12. The minimum Gasteiger partial charge on any atom is -0.358 e. The maximum absolute atomic E-state index is 4.67. The molecule has 3 N–H and O–H groups in total. The second-order valence-corrected chi connectivity index (χ2v) is 4.85. The van der Waals surface area contributed by atoms with Gasteiger partial charge in [0.15, 0.2) is 0 Å². The zero-order chi connectivity index (χ0) is 13.4. The van der Waals surface area contributed by atoms with Crippen LogP contribution in [0.15, 0.2) is 24.3 Å². The average Bonchev–Trinajstić information content (AvgIpc) is 2.89. The van der Waals surface area contributed by atoms with E-state index in [2.05, 4.69) is 45.4 Å². The van der Waals surface area contributed by atoms with Crippen molar-refractivity contribution in [2.45, 2.75) is 20.4 Å². The van der Waals surface area contributed by atoms with Crippen molar-refractivity contribution in [3.8, 4) is 11.3 Å². The normalized spacial score (nSPS) is 11.3. The second-order valence-electron chi connectivity index (χ2n) is 4.85. The predicted molar refractivity (Wildman–Crippen MR) is 78.1 cm³/mol. The number of rotatable bonds is 3. The van der Waals surface area contributed by atoms with E-state index in [1.54, 1.807) is 0 Å². The molecule has 0 bridgehead atoms. The Kier molecular flexibility index (Phi) is 2.87. The monoisotopic (exact) mass is 254 g/mol. The molecule has 0 aliphatic heterocycles. The van der Waals surface area contributed by atoms with Crippen LogP contribution in [0.5, 0.6) is 0 Å². The van der Waals surface area contributed by atoms with Crippen LogP contribution in [0.4, 0.5) is 0 Å². The third kappa shape index (κ3) is 1.94. The molecule has 3 rings (SSSR count). The van der Waals surface area contributed by atoms with E-state index in [1.165, 1.54) is 10.9 Å². The molecule has 0 amide bonds. The van der Waals surface area contributed by atoms with Gasteiger partial charge < -0.3 is 15.3 Å². The molecule has 2 aromatic heterocycles. The first-order chi connectivity index (χ1) is 9.20. The van der Waals surface area contributed by atoms with Crippen LogP contribution in [0.2, 0.25) is 0 Å². The van der Waals surface area contributed by atoms with Gasteiger partial charge >= 0.3 is 0 Å². The van der Waals surface area contributed by atoms with Crippen LogP contribution in [0.1, 0.15) is 17.2 Å². The molecule has 0 saturated heterocycles. The highest BCUT2D eigenvalue weighted by Crippen LogP contribution is 2.32. The summed E-state index contributed by atoms with van der Waals surface area (Å²) < 4.78 is 0. The average molecular weight is 254 g/mol. The third-order valence-electron chi connectivity index (χ3n) is 3.38. The van der Waals surface area contributed by atoms with Gasteiger partial charge in [-0.1, -0.05) is 18.2 Å². The van der Waals surface area contributed by atoms with Crippen molar-refractivity contribution >= 4 is 10.9 Å². The van der Waals surface area contributed by atoms with Crippen LogP contribution in [-0.2, 0) is 6.54 Å². The fourth-order valence-electron chi connectivity index (χ4n) is 2.63. The van der Waals surface area contributed by atoms with Gasteiger partial charge in [0, 0.05) is 28.7 Å². The number of para-hydroxylation sites is 1. The van der Waals surface area contributed by atoms with Crippen LogP contribution in [0.25, 0.3) is 22.2 Å². The van der Waals surface area contributed by atoms with E-state index >= 15 is 0 Å². The Balaban J connectivity index is 2.26. The molecule has 0 aliphatic rings. The van der Waals surface area contributed by atoms with E-state index in [4.69, 9.17) is 0 Å². The van der Waals surface area contributed by atoms with Crippen molar-refractivity contribution < 1.29 is 0 Å². The van der Waals surface area contributed by atoms with Gasteiger partial charge in [0.25, 0.3) is 0 Å². The molecule has 1 aromatic carbocycles. The van der Waals surface area contributed by atoms with Crippen LogP contribution in [0.3, 0.4) is 0 Å². The Morgan fingerprint density at radius 1 is 1.16 bits per heavy atom. The predicted octanol–water partition coefficient (Wildman–Crippen LogP) is 2.89. The zero-order valence-corrected chi connectivity index (χ0v) is 11.5. The smallest absolute Gasteiger partial charge is 0.103 e. The quantitative estimate of drug-likeness (QED) is 0.673. The summed E-state index contributed by atoms with van der Waals surface area (Å²) in [5.41, 5.74) is 5.69. The number of aromatic nitrogens is 3. The highest BCUT2D eigenvalue weighted by atomic mass is 15.0. The number of benzene rings is 1. The summed E-state index contributed by atoms with van der Waals surface area (Å²) in [7, 11) is 1.95. The lowest BCUT2D eigenvalue weighted by Gasteiger charge is -2.02. The minimum atomic E-state index is 0.787. The number of aromatic amines is 2. The summed E-state index contributed by atoms with van der Waals surface area (Å²) in [5, 5.41) is 4.41. The summed E-state index contributed by atoms with van der Waals surface area (Å²) >= 11 is 0. The molecule has 4 heteroatoms. The standard InChI is InChI=1S/C15H18N4/c1-9-14(11-6-4-5-7-12(11)17-9)15-13(8-16-3)18-10(2)19-15/h4-7,16-17H,8H2,1-3H3,(H,18,19). The fourth-order valence-corrected chi connectivity index (χ4v) is 2.63. The number of aryl methyl sites for hydroxylation is 2. The number of fused-ring (bicyclic) bond motifs is 1. The number of nitrogens with one attached hydrogen (secondary N) is 3. The first-order valence-corrected chi connectivity index (χ1v) is 6.48. The van der Waals surface area contributed by atoms with Gasteiger partial charge in [-0.2, -0.15) is 0 Å². The van der Waals surface area contributed by atoms with Gasteiger partial charge in [-0.15, -0.1) is 0 Å². The largest absolute Gasteiger partial charge is 0.358 e. The van der Waals surface area contributed by atoms with E-state index in [1.807, 2.05) is 20.0 Å². The topological polar surface area (TPSA) is 56.5 Å². The Morgan fingerprint density at radius 3 is 2.74 bits per heavy atom. The fraction of sp³-hybridized carbons (Fsp3) is 0.267. The van der Waals surface area contributed by atoms with Gasteiger partial charge in [0.05, 0.1) is 11.4 Å². The summed E-state index contributed by atoms with van der Waals surface area (Å²) in [6, 6.07) is 8.35. The lowest BCUT2D eigenvalue weighted by molar-refractivity contribution is 0.796. The molecule has 4 nitrogen and oxygen atoms in total. The lowest BCUT2D eigenvalue weighted by Crippen LogP contribution is -2.06. The van der Waals surface area contributed by atoms with Crippen molar-refractivity contribution in [3.63, 3.8) is 0 Å². The maximum Gasteiger partial charge on any atom is 0.103 e. The number of nitrogens with zero attached hydrogens (tertiary/aromatic N) is 1. The van der Waals surface area contributed by atoms with Crippen molar-refractivity contribution in [2.24, 2.45) is 0 Å². The van der Waals surface area contributed by atoms with E-state index in [-0.39, 0.29) is 0 Å². The summed E-state index contributed by atoms with van der Waals surface area (Å²) in [4.78, 5) is 11.4. The molecular formula is C15H18N4. The third-order valence-corrected chi connectivity index (χ3v) is 3.38. The van der Waals surface area contributed by atoms with Crippen molar-refractivity contribution in [1.29, 1.82) is 0 Å². The van der Waals surface area contributed by atoms with Crippen LogP contribution in [0, 0.1) is 13.8 Å². The second kappa shape index (κ2) is 4.55. The van der Waals surface area contributed by atoms with Crippen molar-refractivity contribution in [3.05, 3.63) is 41.5 Å². The van der Waals surface area contributed by atoms with Crippen molar-refractivity contribution in [1.82, 2.24) is 20.3 Å². The summed E-state index contributed by atoms with van der Waals surface area (Å²) in [5.74, 6) is 0.949. The van der Waals surface area contributed by atoms with E-state index in [0.717, 1.165) is 35.0 Å². The number of imidazole rings is 1. The first-order valence-electron chi connectivity index (χ1n) is 6.48. The minimum absolute atomic E-state index is 0.787. The van der Waals surface area contributed by atoms with Gasteiger partial charge in [-0.3, -0.25) is 0 Å². The van der Waals surface area contributed by atoms with Crippen LogP contribution < -0.4 is 5.32 Å².